The summed E-state index contributed by atoms with van der Waals surface area (Å²) in [5.74, 6) is -0.169. The van der Waals surface area contributed by atoms with E-state index in [-0.39, 0.29) is 30.3 Å². The lowest BCUT2D eigenvalue weighted by atomic mass is 9.82. The van der Waals surface area contributed by atoms with Gasteiger partial charge in [0.15, 0.2) is 5.54 Å². The number of rotatable bonds is 4. The molecule has 29 heavy (non-hydrogen) atoms. The minimum absolute atomic E-state index is 0.0319. The van der Waals surface area contributed by atoms with Crippen LogP contribution in [-0.2, 0) is 16.1 Å². The van der Waals surface area contributed by atoms with Crippen LogP contribution in [0.2, 0.25) is 5.02 Å². The molecule has 0 bridgehead atoms. The molecule has 152 valence electrons. The van der Waals surface area contributed by atoms with Gasteiger partial charge in [-0.15, -0.1) is 0 Å². The third kappa shape index (κ3) is 3.40. The van der Waals surface area contributed by atoms with E-state index >= 15 is 0 Å². The highest BCUT2D eigenvalue weighted by Gasteiger charge is 2.59. The molecular formula is C21H23ClN4O3. The van der Waals surface area contributed by atoms with Crippen molar-refractivity contribution in [3.63, 3.8) is 0 Å². The summed E-state index contributed by atoms with van der Waals surface area (Å²) >= 11 is 5.98. The molecule has 2 fully saturated rings. The molecule has 0 aliphatic carbocycles. The first-order chi connectivity index (χ1) is 13.8. The van der Waals surface area contributed by atoms with Gasteiger partial charge in [0, 0.05) is 35.6 Å². The average molecular weight is 415 g/mol. The largest absolute Gasteiger partial charge is 0.493 e. The van der Waals surface area contributed by atoms with Gasteiger partial charge >= 0.3 is 0 Å². The molecule has 2 aliphatic heterocycles. The van der Waals surface area contributed by atoms with Crippen LogP contribution in [0.1, 0.15) is 19.4 Å². The van der Waals surface area contributed by atoms with Gasteiger partial charge < -0.3 is 19.8 Å². The van der Waals surface area contributed by atoms with Crippen molar-refractivity contribution in [2.24, 2.45) is 0 Å². The number of carbonyl (C=O) groups excluding carboxylic acids is 2. The lowest BCUT2D eigenvalue weighted by Gasteiger charge is -2.59. The van der Waals surface area contributed by atoms with E-state index < -0.39 is 5.54 Å². The molecule has 1 aromatic carbocycles. The number of carbonyl (C=O) groups is 2. The fraction of sp³-hybridized carbons (Fsp3) is 0.381. The molecule has 0 radical (unpaired) electrons. The molecule has 0 atom stereocenters. The molecule has 0 saturated carbocycles. The van der Waals surface area contributed by atoms with Crippen molar-refractivity contribution in [2.75, 3.05) is 24.5 Å². The molecule has 0 unspecified atom stereocenters. The second-order valence-electron chi connectivity index (χ2n) is 7.89. The number of amides is 2. The van der Waals surface area contributed by atoms with Gasteiger partial charge in [0.2, 0.25) is 11.8 Å². The molecule has 7 nitrogen and oxygen atoms in total. The smallest absolute Gasteiger partial charge is 0.252 e. The topological polar surface area (TPSA) is 77.0 Å². The van der Waals surface area contributed by atoms with E-state index in [0.29, 0.717) is 24.7 Å². The van der Waals surface area contributed by atoms with Crippen LogP contribution in [0.3, 0.4) is 0 Å². The zero-order valence-corrected chi connectivity index (χ0v) is 17.1. The number of hydrogen-bond acceptors (Lipinski definition) is 5. The number of aromatic nitrogens is 1. The van der Waals surface area contributed by atoms with Crippen LogP contribution in [0.4, 0.5) is 5.69 Å². The summed E-state index contributed by atoms with van der Waals surface area (Å²) in [5.41, 5.74) is 0.780. The number of nitrogens with zero attached hydrogens (tertiary/aromatic N) is 4. The first-order valence-electron chi connectivity index (χ1n) is 9.56. The number of pyridine rings is 1. The van der Waals surface area contributed by atoms with Gasteiger partial charge in [0.25, 0.3) is 5.91 Å². The molecule has 2 aromatic rings. The Labute approximate surface area is 174 Å². The van der Waals surface area contributed by atoms with Crippen molar-refractivity contribution in [3.8, 4) is 5.88 Å². The number of aromatic hydroxyl groups is 1. The first kappa shape index (κ1) is 19.5. The Morgan fingerprint density at radius 2 is 1.86 bits per heavy atom. The summed E-state index contributed by atoms with van der Waals surface area (Å²) in [5, 5.41) is 10.3. The maximum absolute atomic E-state index is 13.4. The van der Waals surface area contributed by atoms with Crippen molar-refractivity contribution in [3.05, 3.63) is 53.2 Å². The molecule has 8 heteroatoms. The fourth-order valence-corrected chi connectivity index (χ4v) is 4.16. The van der Waals surface area contributed by atoms with Gasteiger partial charge in [-0.3, -0.25) is 9.59 Å². The Bertz CT molecular complexity index is 941. The van der Waals surface area contributed by atoms with Crippen LogP contribution in [0.5, 0.6) is 5.88 Å². The average Bonchev–Trinajstić information content (AvgIpc) is 2.64. The van der Waals surface area contributed by atoms with E-state index in [2.05, 4.69) is 4.98 Å². The van der Waals surface area contributed by atoms with E-state index in [9.17, 15) is 14.7 Å². The number of piperazine rings is 1. The molecule has 2 amide bonds. The Morgan fingerprint density at radius 3 is 2.48 bits per heavy atom. The maximum Gasteiger partial charge on any atom is 0.252 e. The Morgan fingerprint density at radius 1 is 1.17 bits per heavy atom. The van der Waals surface area contributed by atoms with E-state index in [1.165, 1.54) is 6.20 Å². The summed E-state index contributed by atoms with van der Waals surface area (Å²) < 4.78 is 0. The highest BCUT2D eigenvalue weighted by Crippen LogP contribution is 2.38. The number of anilines is 1. The summed E-state index contributed by atoms with van der Waals surface area (Å²) in [6, 6.07) is 10.6. The minimum Gasteiger partial charge on any atom is -0.493 e. The zero-order valence-electron chi connectivity index (χ0n) is 16.4. The summed E-state index contributed by atoms with van der Waals surface area (Å²) in [4.78, 5) is 35.6. The lowest BCUT2D eigenvalue weighted by molar-refractivity contribution is -0.170. The van der Waals surface area contributed by atoms with Gasteiger partial charge in [0.1, 0.15) is 6.54 Å². The highest BCUT2D eigenvalue weighted by molar-refractivity contribution is 6.30. The zero-order chi connectivity index (χ0) is 20.8. The molecule has 1 N–H and O–H groups in total. The third-order valence-corrected chi connectivity index (χ3v) is 5.91. The van der Waals surface area contributed by atoms with E-state index in [1.807, 2.05) is 30.9 Å². The first-order valence-corrected chi connectivity index (χ1v) is 9.94. The molecular weight excluding hydrogens is 392 g/mol. The maximum atomic E-state index is 13.4. The van der Waals surface area contributed by atoms with Crippen LogP contribution < -0.4 is 4.90 Å². The van der Waals surface area contributed by atoms with Gasteiger partial charge in [-0.25, -0.2) is 4.98 Å². The van der Waals surface area contributed by atoms with E-state index in [0.717, 1.165) is 11.3 Å². The lowest BCUT2D eigenvalue weighted by Crippen LogP contribution is -2.81. The Kier molecular flexibility index (Phi) is 4.86. The molecule has 1 spiro atoms. The van der Waals surface area contributed by atoms with Crippen LogP contribution in [0.25, 0.3) is 0 Å². The van der Waals surface area contributed by atoms with E-state index in [4.69, 9.17) is 11.6 Å². The van der Waals surface area contributed by atoms with Crippen LogP contribution >= 0.6 is 11.6 Å². The fourth-order valence-electron chi connectivity index (χ4n) is 4.03. The number of benzene rings is 1. The molecule has 2 saturated heterocycles. The summed E-state index contributed by atoms with van der Waals surface area (Å²) in [7, 11) is 0. The van der Waals surface area contributed by atoms with Crippen molar-refractivity contribution >= 4 is 29.1 Å². The number of hydrogen-bond donors (Lipinski definition) is 1. The highest BCUT2D eigenvalue weighted by atomic mass is 35.5. The van der Waals surface area contributed by atoms with Crippen LogP contribution in [0.15, 0.2) is 42.6 Å². The SMILES string of the molecule is CC(C)N1CC(=O)N(Cc2ccc(Cl)cc2)C2(CN(c3ccnc(O)c3)C2)C1=O. The molecule has 2 aliphatic rings. The van der Waals surface area contributed by atoms with Crippen molar-refractivity contribution in [2.45, 2.75) is 32.0 Å². The van der Waals surface area contributed by atoms with Gasteiger partial charge in [-0.05, 0) is 37.6 Å². The molecule has 1 aromatic heterocycles. The van der Waals surface area contributed by atoms with Gasteiger partial charge in [0.05, 0.1) is 13.1 Å². The van der Waals surface area contributed by atoms with Crippen molar-refractivity contribution in [1.82, 2.24) is 14.8 Å². The standard InChI is InChI=1S/C21H23ClN4O3/c1-14(2)25-11-19(28)26(10-15-3-5-16(22)6-4-15)21(20(25)29)12-24(13-21)17-7-8-23-18(27)9-17/h3-9,14H,10-13H2,1-2H3,(H,23,27). The third-order valence-electron chi connectivity index (χ3n) is 5.66. The molecule has 3 heterocycles. The Hall–Kier alpha value is -2.80. The second-order valence-corrected chi connectivity index (χ2v) is 8.33. The predicted molar refractivity (Wildman–Crippen MR) is 110 cm³/mol. The number of halogens is 1. The van der Waals surface area contributed by atoms with Gasteiger partial charge in [-0.2, -0.15) is 0 Å². The van der Waals surface area contributed by atoms with Crippen LogP contribution in [0, 0.1) is 0 Å². The Balaban J connectivity index is 1.64. The van der Waals surface area contributed by atoms with Crippen molar-refractivity contribution < 1.29 is 14.7 Å². The van der Waals surface area contributed by atoms with Crippen LogP contribution in [-0.4, -0.2) is 62.9 Å². The minimum atomic E-state index is -0.919. The second kappa shape index (κ2) is 7.22. The summed E-state index contributed by atoms with van der Waals surface area (Å²) in [6.07, 6.45) is 1.52. The predicted octanol–water partition coefficient (Wildman–Crippen LogP) is 2.28. The summed E-state index contributed by atoms with van der Waals surface area (Å²) in [6.45, 7) is 5.02. The molecule has 4 rings (SSSR count). The monoisotopic (exact) mass is 414 g/mol. The quantitative estimate of drug-likeness (QED) is 0.830. The normalized spacial score (nSPS) is 18.6. The van der Waals surface area contributed by atoms with Crippen molar-refractivity contribution in [1.29, 1.82) is 0 Å². The van der Waals surface area contributed by atoms with E-state index in [1.54, 1.807) is 34.1 Å². The van der Waals surface area contributed by atoms with Gasteiger partial charge in [-0.1, -0.05) is 23.7 Å².